The van der Waals surface area contributed by atoms with Gasteiger partial charge in [-0.25, -0.2) is 0 Å². The number of likely N-dealkylation sites (N-methyl/N-ethyl adjacent to an activating group) is 1. The molecular formula is C18H20N2O2S. The van der Waals surface area contributed by atoms with Crippen molar-refractivity contribution in [3.8, 4) is 0 Å². The predicted octanol–water partition coefficient (Wildman–Crippen LogP) is 2.97. The zero-order chi connectivity index (χ0) is 16.6. The maximum absolute atomic E-state index is 12.3. The van der Waals surface area contributed by atoms with Gasteiger partial charge in [-0.15, -0.1) is 11.3 Å². The van der Waals surface area contributed by atoms with E-state index in [4.69, 9.17) is 0 Å². The third kappa shape index (κ3) is 2.77. The number of carbonyl (C=O) groups is 2. The molecule has 0 saturated carbocycles. The van der Waals surface area contributed by atoms with Crippen LogP contribution in [0.1, 0.15) is 34.6 Å². The largest absolute Gasteiger partial charge is 0.352 e. The lowest BCUT2D eigenvalue weighted by molar-refractivity contribution is -0.121. The average molecular weight is 328 g/mol. The summed E-state index contributed by atoms with van der Waals surface area (Å²) >= 11 is 1.69. The highest BCUT2D eigenvalue weighted by molar-refractivity contribution is 7.09. The van der Waals surface area contributed by atoms with Gasteiger partial charge in [-0.1, -0.05) is 6.07 Å². The molecule has 23 heavy (non-hydrogen) atoms. The Bertz CT molecular complexity index is 750. The molecular weight excluding hydrogens is 308 g/mol. The summed E-state index contributed by atoms with van der Waals surface area (Å²) in [6.07, 6.45) is 0.834. The van der Waals surface area contributed by atoms with Gasteiger partial charge in [-0.05, 0) is 55.5 Å². The first-order valence-electron chi connectivity index (χ1n) is 7.64. The fourth-order valence-electron chi connectivity index (χ4n) is 2.97. The van der Waals surface area contributed by atoms with Gasteiger partial charge >= 0.3 is 0 Å². The van der Waals surface area contributed by atoms with Crippen LogP contribution in [0.5, 0.6) is 0 Å². The monoisotopic (exact) mass is 328 g/mol. The van der Waals surface area contributed by atoms with Gasteiger partial charge in [-0.3, -0.25) is 9.59 Å². The normalized spacial score (nSPS) is 15.6. The number of amides is 2. The van der Waals surface area contributed by atoms with Crippen molar-refractivity contribution in [2.45, 2.75) is 25.7 Å². The van der Waals surface area contributed by atoms with Crippen LogP contribution >= 0.6 is 11.3 Å². The number of carbonyl (C=O) groups excluding carboxylic acids is 2. The molecule has 0 aliphatic carbocycles. The zero-order valence-electron chi connectivity index (χ0n) is 13.6. The maximum Gasteiger partial charge on any atom is 0.251 e. The lowest BCUT2D eigenvalue weighted by Gasteiger charge is -2.16. The molecule has 0 bridgehead atoms. The van der Waals surface area contributed by atoms with E-state index in [1.807, 2.05) is 37.4 Å². The molecule has 2 amide bonds. The molecule has 0 saturated heterocycles. The van der Waals surface area contributed by atoms with Gasteiger partial charge in [0.25, 0.3) is 5.91 Å². The molecule has 0 radical (unpaired) electrons. The Balaban J connectivity index is 1.73. The first kappa shape index (κ1) is 15.7. The third-order valence-electron chi connectivity index (χ3n) is 4.37. The van der Waals surface area contributed by atoms with Crippen LogP contribution in [-0.4, -0.2) is 25.4 Å². The van der Waals surface area contributed by atoms with Crippen LogP contribution in [0.25, 0.3) is 0 Å². The number of rotatable bonds is 4. The Kier molecular flexibility index (Phi) is 3.98. The van der Waals surface area contributed by atoms with Crippen LogP contribution in [0.3, 0.4) is 0 Å². The topological polar surface area (TPSA) is 49.4 Å². The number of thiophene rings is 1. The number of benzene rings is 1. The Hall–Kier alpha value is -2.14. The van der Waals surface area contributed by atoms with Crippen LogP contribution in [0.15, 0.2) is 35.7 Å². The molecule has 0 fully saturated rings. The fraction of sp³-hybridized carbons (Fsp3) is 0.333. The quantitative estimate of drug-likeness (QED) is 0.938. The van der Waals surface area contributed by atoms with Crippen LogP contribution in [-0.2, 0) is 16.6 Å². The Morgan fingerprint density at radius 3 is 2.78 bits per heavy atom. The summed E-state index contributed by atoms with van der Waals surface area (Å²) in [5, 5.41) is 4.98. The van der Waals surface area contributed by atoms with E-state index in [1.54, 1.807) is 29.4 Å². The van der Waals surface area contributed by atoms with E-state index in [-0.39, 0.29) is 11.8 Å². The zero-order valence-corrected chi connectivity index (χ0v) is 14.4. The standard InChI is InChI=1S/C18H20N2O2S/c1-18(2)14-11-12(6-7-15(14)20(3)17(18)22)16(21)19-9-8-13-5-4-10-23-13/h4-7,10-11H,8-9H2,1-3H3,(H,19,21). The molecule has 2 aromatic rings. The molecule has 120 valence electrons. The molecule has 1 N–H and O–H groups in total. The lowest BCUT2D eigenvalue weighted by atomic mass is 9.85. The molecule has 1 aliphatic heterocycles. The van der Waals surface area contributed by atoms with E-state index in [2.05, 4.69) is 11.4 Å². The van der Waals surface area contributed by atoms with Gasteiger partial charge in [0.2, 0.25) is 5.91 Å². The number of nitrogens with one attached hydrogen (secondary N) is 1. The van der Waals surface area contributed by atoms with Gasteiger partial charge in [-0.2, -0.15) is 0 Å². The summed E-state index contributed by atoms with van der Waals surface area (Å²) in [5.41, 5.74) is 1.81. The fourth-order valence-corrected chi connectivity index (χ4v) is 3.68. The van der Waals surface area contributed by atoms with Crippen molar-refractivity contribution in [1.29, 1.82) is 0 Å². The van der Waals surface area contributed by atoms with Gasteiger partial charge < -0.3 is 10.2 Å². The summed E-state index contributed by atoms with van der Waals surface area (Å²) in [6, 6.07) is 9.56. The summed E-state index contributed by atoms with van der Waals surface area (Å²) in [4.78, 5) is 27.6. The molecule has 1 aromatic heterocycles. The summed E-state index contributed by atoms with van der Waals surface area (Å²) in [7, 11) is 1.77. The Morgan fingerprint density at radius 2 is 2.09 bits per heavy atom. The summed E-state index contributed by atoms with van der Waals surface area (Å²) < 4.78 is 0. The van der Waals surface area contributed by atoms with E-state index < -0.39 is 5.41 Å². The van der Waals surface area contributed by atoms with Gasteiger partial charge in [0.15, 0.2) is 0 Å². The van der Waals surface area contributed by atoms with E-state index in [9.17, 15) is 9.59 Å². The minimum Gasteiger partial charge on any atom is -0.352 e. The van der Waals surface area contributed by atoms with Crippen LogP contribution in [0.2, 0.25) is 0 Å². The highest BCUT2D eigenvalue weighted by Gasteiger charge is 2.42. The summed E-state index contributed by atoms with van der Waals surface area (Å²) in [6.45, 7) is 4.41. The molecule has 3 rings (SSSR count). The third-order valence-corrected chi connectivity index (χ3v) is 5.31. The minimum absolute atomic E-state index is 0.0581. The number of nitrogens with zero attached hydrogens (tertiary/aromatic N) is 1. The number of anilines is 1. The second-order valence-corrected chi connectivity index (χ2v) is 7.34. The van der Waals surface area contributed by atoms with Crippen molar-refractivity contribution >= 4 is 28.8 Å². The maximum atomic E-state index is 12.3. The van der Waals surface area contributed by atoms with Gasteiger partial charge in [0.05, 0.1) is 5.41 Å². The van der Waals surface area contributed by atoms with Crippen LogP contribution in [0, 0.1) is 0 Å². The van der Waals surface area contributed by atoms with E-state index in [0.29, 0.717) is 12.1 Å². The number of fused-ring (bicyclic) bond motifs is 1. The van der Waals surface area contributed by atoms with Crippen LogP contribution < -0.4 is 10.2 Å². The first-order valence-corrected chi connectivity index (χ1v) is 8.52. The number of hydrogen-bond acceptors (Lipinski definition) is 3. The van der Waals surface area contributed by atoms with Gasteiger partial charge in [0, 0.05) is 29.7 Å². The molecule has 2 heterocycles. The second-order valence-electron chi connectivity index (χ2n) is 6.31. The molecule has 5 heteroatoms. The molecule has 0 atom stereocenters. The van der Waals surface area contributed by atoms with E-state index in [0.717, 1.165) is 17.7 Å². The first-order chi connectivity index (χ1) is 10.9. The van der Waals surface area contributed by atoms with Crippen molar-refractivity contribution in [3.05, 3.63) is 51.7 Å². The highest BCUT2D eigenvalue weighted by atomic mass is 32.1. The second kappa shape index (κ2) is 5.81. The number of hydrogen-bond donors (Lipinski definition) is 1. The average Bonchev–Trinajstić information content (AvgIpc) is 3.10. The van der Waals surface area contributed by atoms with Crippen molar-refractivity contribution in [1.82, 2.24) is 5.32 Å². The van der Waals surface area contributed by atoms with Gasteiger partial charge in [0.1, 0.15) is 0 Å². The molecule has 1 aliphatic rings. The van der Waals surface area contributed by atoms with Crippen molar-refractivity contribution in [2.75, 3.05) is 18.5 Å². The predicted molar refractivity (Wildman–Crippen MR) is 93.2 cm³/mol. The molecule has 0 spiro atoms. The van der Waals surface area contributed by atoms with Crippen molar-refractivity contribution in [2.24, 2.45) is 0 Å². The van der Waals surface area contributed by atoms with Crippen molar-refractivity contribution in [3.63, 3.8) is 0 Å². The molecule has 1 aromatic carbocycles. The smallest absolute Gasteiger partial charge is 0.251 e. The summed E-state index contributed by atoms with van der Waals surface area (Å²) in [5.74, 6) is -0.0371. The SMILES string of the molecule is CN1C(=O)C(C)(C)c2cc(C(=O)NCCc3cccs3)ccc21. The minimum atomic E-state index is -0.586. The highest BCUT2D eigenvalue weighted by Crippen LogP contribution is 2.40. The molecule has 0 unspecified atom stereocenters. The Labute approximate surface area is 140 Å². The Morgan fingerprint density at radius 1 is 1.30 bits per heavy atom. The lowest BCUT2D eigenvalue weighted by Crippen LogP contribution is -2.33. The molecule has 4 nitrogen and oxygen atoms in total. The van der Waals surface area contributed by atoms with Crippen molar-refractivity contribution < 1.29 is 9.59 Å². The van der Waals surface area contributed by atoms with Crippen LogP contribution in [0.4, 0.5) is 5.69 Å². The van der Waals surface area contributed by atoms with E-state index >= 15 is 0 Å². The van der Waals surface area contributed by atoms with E-state index in [1.165, 1.54) is 4.88 Å².